The van der Waals surface area contributed by atoms with E-state index >= 15 is 0 Å². The molecule has 1 fully saturated rings. The number of carbonyl (C=O) groups is 1. The van der Waals surface area contributed by atoms with E-state index in [2.05, 4.69) is 6.07 Å². The molecular weight excluding hydrogens is 238 g/mol. The van der Waals surface area contributed by atoms with Gasteiger partial charge in [0.25, 0.3) is 0 Å². The van der Waals surface area contributed by atoms with Gasteiger partial charge in [-0.05, 0) is 37.8 Å². The van der Waals surface area contributed by atoms with E-state index in [1.165, 1.54) is 12.0 Å². The summed E-state index contributed by atoms with van der Waals surface area (Å²) in [5, 5.41) is 1.07. The Balaban J connectivity index is 1.79. The van der Waals surface area contributed by atoms with Gasteiger partial charge in [-0.25, -0.2) is 0 Å². The van der Waals surface area contributed by atoms with Gasteiger partial charge in [-0.15, -0.1) is 0 Å². The third-order valence-corrected chi connectivity index (χ3v) is 3.86. The molecule has 3 heteroatoms. The first-order valence-electron chi connectivity index (χ1n) is 6.98. The molecule has 19 heavy (non-hydrogen) atoms. The Morgan fingerprint density at radius 2 is 2.05 bits per heavy atom. The Morgan fingerprint density at radius 1 is 1.26 bits per heavy atom. The molecule has 0 atom stereocenters. The summed E-state index contributed by atoms with van der Waals surface area (Å²) < 4.78 is 5.55. The molecule has 2 aromatic rings. The molecule has 0 aliphatic carbocycles. The van der Waals surface area contributed by atoms with Gasteiger partial charge in [-0.2, -0.15) is 0 Å². The van der Waals surface area contributed by atoms with Crippen LogP contribution in [0.3, 0.4) is 0 Å². The number of nitrogens with zero attached hydrogens (tertiary/aromatic N) is 1. The van der Waals surface area contributed by atoms with Crippen LogP contribution in [0.2, 0.25) is 0 Å². The molecular formula is C16H19NO2. The Hall–Kier alpha value is -1.77. The van der Waals surface area contributed by atoms with E-state index in [-0.39, 0.29) is 5.91 Å². The second kappa shape index (κ2) is 5.08. The number of hydrogen-bond acceptors (Lipinski definition) is 2. The normalized spacial score (nSPS) is 15.9. The summed E-state index contributed by atoms with van der Waals surface area (Å²) in [4.78, 5) is 14.2. The van der Waals surface area contributed by atoms with Gasteiger partial charge in [0.2, 0.25) is 5.91 Å². The molecule has 0 saturated carbocycles. The summed E-state index contributed by atoms with van der Waals surface area (Å²) in [6.45, 7) is 3.86. The average molecular weight is 257 g/mol. The molecule has 1 aliphatic rings. The minimum atomic E-state index is 0.225. The number of furan rings is 1. The summed E-state index contributed by atoms with van der Waals surface area (Å²) in [6, 6.07) is 6.13. The second-order valence-corrected chi connectivity index (χ2v) is 5.38. The van der Waals surface area contributed by atoms with Crippen molar-refractivity contribution in [3.63, 3.8) is 0 Å². The second-order valence-electron chi connectivity index (χ2n) is 5.38. The molecule has 1 aliphatic heterocycles. The van der Waals surface area contributed by atoms with E-state index in [1.807, 2.05) is 24.0 Å². The van der Waals surface area contributed by atoms with Crippen LogP contribution >= 0.6 is 0 Å². The number of hydrogen-bond donors (Lipinski definition) is 0. The van der Waals surface area contributed by atoms with E-state index in [9.17, 15) is 4.79 Å². The highest BCUT2D eigenvalue weighted by atomic mass is 16.3. The van der Waals surface area contributed by atoms with Crippen molar-refractivity contribution < 1.29 is 9.21 Å². The van der Waals surface area contributed by atoms with Crippen LogP contribution in [-0.4, -0.2) is 23.9 Å². The van der Waals surface area contributed by atoms with Crippen LogP contribution in [0.4, 0.5) is 0 Å². The molecule has 3 rings (SSSR count). The van der Waals surface area contributed by atoms with Crippen LogP contribution in [0.1, 0.15) is 30.4 Å². The lowest BCUT2D eigenvalue weighted by Crippen LogP contribution is -2.36. The van der Waals surface area contributed by atoms with Crippen LogP contribution in [0, 0.1) is 6.92 Å². The molecule has 1 saturated heterocycles. The van der Waals surface area contributed by atoms with Gasteiger partial charge in [0, 0.05) is 24.0 Å². The predicted molar refractivity (Wildman–Crippen MR) is 75.1 cm³/mol. The molecule has 100 valence electrons. The van der Waals surface area contributed by atoms with Crippen LogP contribution in [0.25, 0.3) is 11.0 Å². The zero-order chi connectivity index (χ0) is 13.2. The molecule has 1 amide bonds. The first kappa shape index (κ1) is 12.3. The first-order chi connectivity index (χ1) is 9.24. The van der Waals surface area contributed by atoms with Crippen molar-refractivity contribution >= 4 is 16.9 Å². The minimum absolute atomic E-state index is 0.225. The van der Waals surface area contributed by atoms with Gasteiger partial charge in [-0.1, -0.05) is 12.1 Å². The van der Waals surface area contributed by atoms with Crippen molar-refractivity contribution in [1.82, 2.24) is 4.90 Å². The van der Waals surface area contributed by atoms with E-state index in [0.29, 0.717) is 6.42 Å². The van der Waals surface area contributed by atoms with Gasteiger partial charge in [0.05, 0.1) is 12.7 Å². The fourth-order valence-corrected chi connectivity index (χ4v) is 2.75. The maximum atomic E-state index is 12.3. The third-order valence-electron chi connectivity index (χ3n) is 3.86. The fourth-order valence-electron chi connectivity index (χ4n) is 2.75. The van der Waals surface area contributed by atoms with Gasteiger partial charge in [0.1, 0.15) is 5.58 Å². The standard InChI is InChI=1S/C16H19NO2/c1-12-5-6-14-13(11-19-15(14)9-12)10-16(18)17-7-3-2-4-8-17/h5-6,9,11H,2-4,7-8,10H2,1H3. The molecule has 2 heterocycles. The molecule has 0 radical (unpaired) electrons. The zero-order valence-electron chi connectivity index (χ0n) is 11.3. The van der Waals surface area contributed by atoms with Crippen LogP contribution < -0.4 is 0 Å². The number of amides is 1. The lowest BCUT2D eigenvalue weighted by molar-refractivity contribution is -0.131. The molecule has 1 aromatic heterocycles. The summed E-state index contributed by atoms with van der Waals surface area (Å²) in [5.41, 5.74) is 3.06. The average Bonchev–Trinajstić information content (AvgIpc) is 2.82. The lowest BCUT2D eigenvalue weighted by atomic mass is 10.1. The smallest absolute Gasteiger partial charge is 0.227 e. The molecule has 0 unspecified atom stereocenters. The Morgan fingerprint density at radius 3 is 2.84 bits per heavy atom. The molecule has 0 N–H and O–H groups in total. The molecule has 1 aromatic carbocycles. The van der Waals surface area contributed by atoms with E-state index in [4.69, 9.17) is 4.42 Å². The number of piperidine rings is 1. The van der Waals surface area contributed by atoms with Crippen molar-refractivity contribution in [3.05, 3.63) is 35.6 Å². The van der Waals surface area contributed by atoms with E-state index in [0.717, 1.165) is 42.5 Å². The number of rotatable bonds is 2. The number of carbonyl (C=O) groups excluding carboxylic acids is 1. The Kier molecular flexibility index (Phi) is 3.28. The number of likely N-dealkylation sites (tertiary alicyclic amines) is 1. The third kappa shape index (κ3) is 2.50. The number of fused-ring (bicyclic) bond motifs is 1. The molecule has 3 nitrogen and oxygen atoms in total. The quantitative estimate of drug-likeness (QED) is 0.827. The monoisotopic (exact) mass is 257 g/mol. The van der Waals surface area contributed by atoms with Crippen molar-refractivity contribution in [2.75, 3.05) is 13.1 Å². The summed E-state index contributed by atoms with van der Waals surface area (Å²) in [5.74, 6) is 0.225. The SMILES string of the molecule is Cc1ccc2c(CC(=O)N3CCCCC3)coc2c1. The number of aryl methyl sites for hydroxylation is 1. The topological polar surface area (TPSA) is 33.5 Å². The minimum Gasteiger partial charge on any atom is -0.464 e. The van der Waals surface area contributed by atoms with Crippen LogP contribution in [-0.2, 0) is 11.2 Å². The first-order valence-corrected chi connectivity index (χ1v) is 6.98. The summed E-state index contributed by atoms with van der Waals surface area (Å²) in [7, 11) is 0. The summed E-state index contributed by atoms with van der Waals surface area (Å²) >= 11 is 0. The van der Waals surface area contributed by atoms with Crippen LogP contribution in [0.15, 0.2) is 28.9 Å². The van der Waals surface area contributed by atoms with Gasteiger partial charge < -0.3 is 9.32 Å². The van der Waals surface area contributed by atoms with Crippen LogP contribution in [0.5, 0.6) is 0 Å². The van der Waals surface area contributed by atoms with Gasteiger partial charge in [-0.3, -0.25) is 4.79 Å². The predicted octanol–water partition coefficient (Wildman–Crippen LogP) is 3.30. The highest BCUT2D eigenvalue weighted by molar-refractivity contribution is 5.88. The maximum Gasteiger partial charge on any atom is 0.227 e. The van der Waals surface area contributed by atoms with Crippen molar-refractivity contribution in [3.8, 4) is 0 Å². The molecule has 0 spiro atoms. The number of benzene rings is 1. The highest BCUT2D eigenvalue weighted by Gasteiger charge is 2.18. The van der Waals surface area contributed by atoms with Gasteiger partial charge in [0.15, 0.2) is 0 Å². The Bertz CT molecular complexity index is 594. The van der Waals surface area contributed by atoms with Gasteiger partial charge >= 0.3 is 0 Å². The zero-order valence-corrected chi connectivity index (χ0v) is 11.3. The summed E-state index contributed by atoms with van der Waals surface area (Å²) in [6.07, 6.45) is 5.70. The van der Waals surface area contributed by atoms with E-state index < -0.39 is 0 Å². The fraction of sp³-hybridized carbons (Fsp3) is 0.438. The van der Waals surface area contributed by atoms with Crippen molar-refractivity contribution in [1.29, 1.82) is 0 Å². The van der Waals surface area contributed by atoms with Crippen molar-refractivity contribution in [2.45, 2.75) is 32.6 Å². The van der Waals surface area contributed by atoms with Crippen molar-refractivity contribution in [2.24, 2.45) is 0 Å². The lowest BCUT2D eigenvalue weighted by Gasteiger charge is -2.26. The Labute approximate surface area is 113 Å². The maximum absolute atomic E-state index is 12.3. The highest BCUT2D eigenvalue weighted by Crippen LogP contribution is 2.23. The molecule has 0 bridgehead atoms. The largest absolute Gasteiger partial charge is 0.464 e. The van der Waals surface area contributed by atoms with E-state index in [1.54, 1.807) is 6.26 Å².